The molecule has 4 nitrogen and oxygen atoms in total. The molecule has 2 rings (SSSR count). The number of benzene rings is 1. The van der Waals surface area contributed by atoms with Gasteiger partial charge in [-0.15, -0.1) is 0 Å². The Morgan fingerprint density at radius 1 is 1.47 bits per heavy atom. The summed E-state index contributed by atoms with van der Waals surface area (Å²) >= 11 is 2.00. The van der Waals surface area contributed by atoms with Gasteiger partial charge in [-0.05, 0) is 47.7 Å². The largest absolute Gasteiger partial charge is 0.383 e. The molecule has 0 bridgehead atoms. The Kier molecular flexibility index (Phi) is 4.52. The summed E-state index contributed by atoms with van der Waals surface area (Å²) in [5.41, 5.74) is 1.39. The quantitative estimate of drug-likeness (QED) is 0.838. The molecule has 1 heterocycles. The number of aromatic nitrogens is 2. The van der Waals surface area contributed by atoms with Crippen LogP contribution in [0.1, 0.15) is 5.69 Å². The van der Waals surface area contributed by atoms with Crippen molar-refractivity contribution in [2.24, 2.45) is 0 Å². The van der Waals surface area contributed by atoms with Crippen molar-refractivity contribution in [3.63, 3.8) is 0 Å². The SMILES string of the molecule is Cc1ncn(CCNc2cccc(F)c2)c(=O)c1I. The van der Waals surface area contributed by atoms with E-state index in [0.29, 0.717) is 22.3 Å². The summed E-state index contributed by atoms with van der Waals surface area (Å²) in [6, 6.07) is 6.23. The van der Waals surface area contributed by atoms with E-state index in [-0.39, 0.29) is 11.4 Å². The van der Waals surface area contributed by atoms with Crippen molar-refractivity contribution in [3.8, 4) is 0 Å². The summed E-state index contributed by atoms with van der Waals surface area (Å²) in [4.78, 5) is 16.1. The van der Waals surface area contributed by atoms with Crippen LogP contribution < -0.4 is 10.9 Å². The van der Waals surface area contributed by atoms with Gasteiger partial charge < -0.3 is 5.32 Å². The first-order valence-electron chi connectivity index (χ1n) is 5.79. The second-order valence-electron chi connectivity index (χ2n) is 4.08. The van der Waals surface area contributed by atoms with E-state index in [4.69, 9.17) is 0 Å². The van der Waals surface area contributed by atoms with Crippen LogP contribution in [-0.4, -0.2) is 16.1 Å². The summed E-state index contributed by atoms with van der Waals surface area (Å²) in [6.45, 7) is 2.82. The highest BCUT2D eigenvalue weighted by Gasteiger charge is 2.04. The van der Waals surface area contributed by atoms with Gasteiger partial charge in [0.25, 0.3) is 5.56 Å². The second-order valence-corrected chi connectivity index (χ2v) is 5.16. The summed E-state index contributed by atoms with van der Waals surface area (Å²) in [7, 11) is 0. The summed E-state index contributed by atoms with van der Waals surface area (Å²) in [6.07, 6.45) is 1.53. The van der Waals surface area contributed by atoms with E-state index in [1.807, 2.05) is 22.6 Å². The predicted molar refractivity (Wildman–Crippen MR) is 80.8 cm³/mol. The minimum atomic E-state index is -0.284. The fourth-order valence-electron chi connectivity index (χ4n) is 1.62. The van der Waals surface area contributed by atoms with Gasteiger partial charge >= 0.3 is 0 Å². The molecule has 1 N–H and O–H groups in total. The third-order valence-electron chi connectivity index (χ3n) is 2.66. The lowest BCUT2D eigenvalue weighted by atomic mass is 10.3. The van der Waals surface area contributed by atoms with Crippen LogP contribution in [0.3, 0.4) is 0 Å². The van der Waals surface area contributed by atoms with Gasteiger partial charge in [0.2, 0.25) is 0 Å². The van der Waals surface area contributed by atoms with E-state index in [1.165, 1.54) is 18.5 Å². The fraction of sp³-hybridized carbons (Fsp3) is 0.231. The molecule has 1 aromatic carbocycles. The minimum absolute atomic E-state index is 0.0471. The average molecular weight is 373 g/mol. The topological polar surface area (TPSA) is 46.9 Å². The lowest BCUT2D eigenvalue weighted by molar-refractivity contribution is 0.627. The Morgan fingerprint density at radius 3 is 3.00 bits per heavy atom. The molecule has 6 heteroatoms. The molecule has 19 heavy (non-hydrogen) atoms. The van der Waals surface area contributed by atoms with Crippen molar-refractivity contribution >= 4 is 28.3 Å². The third-order valence-corrected chi connectivity index (χ3v) is 3.91. The van der Waals surface area contributed by atoms with Crippen molar-refractivity contribution in [1.29, 1.82) is 0 Å². The van der Waals surface area contributed by atoms with Crippen molar-refractivity contribution in [1.82, 2.24) is 9.55 Å². The number of nitrogens with zero attached hydrogens (tertiary/aromatic N) is 2. The standard InChI is InChI=1S/C13H13FIN3O/c1-9-12(15)13(19)18(8-17-9)6-5-16-11-4-2-3-10(14)7-11/h2-4,7-8,16H,5-6H2,1H3. The molecule has 1 aromatic heterocycles. The summed E-state index contributed by atoms with van der Waals surface area (Å²) < 4.78 is 15.1. The molecule has 0 saturated heterocycles. The Morgan fingerprint density at radius 2 is 2.26 bits per heavy atom. The van der Waals surface area contributed by atoms with E-state index in [9.17, 15) is 9.18 Å². The first kappa shape index (κ1) is 14.0. The molecule has 0 atom stereocenters. The van der Waals surface area contributed by atoms with Crippen LogP contribution in [0.5, 0.6) is 0 Å². The number of anilines is 1. The predicted octanol–water partition coefficient (Wildman–Crippen LogP) is 2.41. The number of hydrogen-bond acceptors (Lipinski definition) is 3. The molecule has 2 aromatic rings. The van der Waals surface area contributed by atoms with Crippen LogP contribution >= 0.6 is 22.6 Å². The van der Waals surface area contributed by atoms with Crippen LogP contribution in [0, 0.1) is 16.3 Å². The number of hydrogen-bond donors (Lipinski definition) is 1. The van der Waals surface area contributed by atoms with Gasteiger partial charge in [-0.1, -0.05) is 6.07 Å². The third kappa shape index (κ3) is 3.52. The maximum Gasteiger partial charge on any atom is 0.267 e. The zero-order valence-corrected chi connectivity index (χ0v) is 12.5. The molecule has 0 unspecified atom stereocenters. The number of halogens is 2. The molecule has 0 aliphatic carbocycles. The van der Waals surface area contributed by atoms with E-state index in [1.54, 1.807) is 23.6 Å². The molecule has 0 radical (unpaired) electrons. The second kappa shape index (κ2) is 6.14. The minimum Gasteiger partial charge on any atom is -0.383 e. The zero-order valence-electron chi connectivity index (χ0n) is 10.4. The molecule has 0 spiro atoms. The van der Waals surface area contributed by atoms with Gasteiger partial charge in [0.15, 0.2) is 0 Å². The molecule has 0 amide bonds. The van der Waals surface area contributed by atoms with E-state index in [2.05, 4.69) is 10.3 Å². The van der Waals surface area contributed by atoms with Gasteiger partial charge in [-0.25, -0.2) is 9.37 Å². The highest BCUT2D eigenvalue weighted by molar-refractivity contribution is 14.1. The van der Waals surface area contributed by atoms with Gasteiger partial charge in [-0.3, -0.25) is 9.36 Å². The number of aryl methyl sites for hydroxylation is 1. The van der Waals surface area contributed by atoms with Crippen LogP contribution in [-0.2, 0) is 6.54 Å². The van der Waals surface area contributed by atoms with E-state index >= 15 is 0 Å². The lowest BCUT2D eigenvalue weighted by Crippen LogP contribution is -2.26. The highest BCUT2D eigenvalue weighted by Crippen LogP contribution is 2.08. The molecule has 0 aliphatic heterocycles. The van der Waals surface area contributed by atoms with E-state index < -0.39 is 0 Å². The Bertz CT molecular complexity index is 642. The zero-order chi connectivity index (χ0) is 13.8. The average Bonchev–Trinajstić information content (AvgIpc) is 2.39. The molecule has 0 fully saturated rings. The van der Waals surface area contributed by atoms with Gasteiger partial charge in [-0.2, -0.15) is 0 Å². The molecular formula is C13H13FIN3O. The molecule has 0 aliphatic rings. The maximum absolute atomic E-state index is 13.0. The Hall–Kier alpha value is -1.44. The van der Waals surface area contributed by atoms with Crippen LogP contribution in [0.15, 0.2) is 35.4 Å². The van der Waals surface area contributed by atoms with Gasteiger partial charge in [0.1, 0.15) is 5.82 Å². The lowest BCUT2D eigenvalue weighted by Gasteiger charge is -2.09. The van der Waals surface area contributed by atoms with Crippen molar-refractivity contribution in [3.05, 3.63) is 56.0 Å². The molecule has 100 valence electrons. The number of rotatable bonds is 4. The first-order valence-corrected chi connectivity index (χ1v) is 6.87. The molecular weight excluding hydrogens is 360 g/mol. The smallest absolute Gasteiger partial charge is 0.267 e. The maximum atomic E-state index is 13.0. The van der Waals surface area contributed by atoms with Crippen LogP contribution in [0.25, 0.3) is 0 Å². The first-order chi connectivity index (χ1) is 9.08. The van der Waals surface area contributed by atoms with Crippen LogP contribution in [0.2, 0.25) is 0 Å². The van der Waals surface area contributed by atoms with Crippen LogP contribution in [0.4, 0.5) is 10.1 Å². The van der Waals surface area contributed by atoms with Crippen molar-refractivity contribution in [2.45, 2.75) is 13.5 Å². The van der Waals surface area contributed by atoms with Gasteiger partial charge in [0, 0.05) is 18.8 Å². The highest BCUT2D eigenvalue weighted by atomic mass is 127. The fourth-order valence-corrected chi connectivity index (χ4v) is 2.07. The number of nitrogens with one attached hydrogen (secondary N) is 1. The monoisotopic (exact) mass is 373 g/mol. The Labute approximate surface area is 123 Å². The summed E-state index contributed by atoms with van der Waals surface area (Å²) in [5.74, 6) is -0.284. The normalized spacial score (nSPS) is 10.5. The summed E-state index contributed by atoms with van der Waals surface area (Å²) in [5, 5.41) is 3.07. The van der Waals surface area contributed by atoms with Crippen molar-refractivity contribution < 1.29 is 4.39 Å². The Balaban J connectivity index is 2.00. The molecule has 0 saturated carbocycles. The van der Waals surface area contributed by atoms with Gasteiger partial charge in [0.05, 0.1) is 15.6 Å². The van der Waals surface area contributed by atoms with E-state index in [0.717, 1.165) is 5.69 Å². The van der Waals surface area contributed by atoms with Crippen molar-refractivity contribution in [2.75, 3.05) is 11.9 Å².